The zero-order valence-corrected chi connectivity index (χ0v) is 12.3. The highest BCUT2D eigenvalue weighted by atomic mass is 79.9. The third-order valence-corrected chi connectivity index (χ3v) is 4.52. The first kappa shape index (κ1) is 12.6. The van der Waals surface area contributed by atoms with E-state index in [0.717, 1.165) is 20.6 Å². The summed E-state index contributed by atoms with van der Waals surface area (Å²) in [5, 5.41) is -0.212. The number of hydrogen-bond donors (Lipinski definition) is 0. The topological polar surface area (TPSA) is 29.4 Å². The zero-order chi connectivity index (χ0) is 13.2. The van der Waals surface area contributed by atoms with Crippen molar-refractivity contribution in [3.63, 3.8) is 0 Å². The molecule has 19 heavy (non-hydrogen) atoms. The van der Waals surface area contributed by atoms with Gasteiger partial charge in [-0.1, -0.05) is 40.2 Å². The van der Waals surface area contributed by atoms with E-state index >= 15 is 0 Å². The molecule has 1 aliphatic heterocycles. The Morgan fingerprint density at radius 3 is 2.79 bits per heavy atom. The van der Waals surface area contributed by atoms with Gasteiger partial charge < -0.3 is 0 Å². The molecular formula is C15H10BrNOS. The molecule has 0 amide bonds. The van der Waals surface area contributed by atoms with Crippen molar-refractivity contribution in [3.05, 3.63) is 58.6 Å². The van der Waals surface area contributed by atoms with E-state index in [0.29, 0.717) is 0 Å². The fourth-order valence-corrected chi connectivity index (χ4v) is 3.39. The molecule has 0 N–H and O–H groups in total. The van der Waals surface area contributed by atoms with Crippen molar-refractivity contribution in [3.8, 4) is 0 Å². The summed E-state index contributed by atoms with van der Waals surface area (Å²) in [5.41, 5.74) is 1.65. The molecule has 2 aromatic rings. The van der Waals surface area contributed by atoms with Crippen LogP contribution in [0.15, 0.2) is 62.9 Å². The average molecular weight is 332 g/mol. The number of halogens is 1. The third-order valence-electron chi connectivity index (χ3n) is 2.83. The third kappa shape index (κ3) is 2.65. The maximum atomic E-state index is 12.2. The van der Waals surface area contributed by atoms with E-state index < -0.39 is 0 Å². The first-order chi connectivity index (χ1) is 9.24. The SMILES string of the molecule is O=C1c2ccccc2SC1C=Nc1cccc(Br)c1. The molecule has 2 aromatic carbocycles. The van der Waals surface area contributed by atoms with Crippen LogP contribution in [0.5, 0.6) is 0 Å². The molecule has 3 rings (SSSR count). The summed E-state index contributed by atoms with van der Waals surface area (Å²) in [4.78, 5) is 17.6. The number of ketones is 1. The Bertz CT molecular complexity index is 669. The van der Waals surface area contributed by atoms with E-state index in [4.69, 9.17) is 0 Å². The second-order valence-corrected chi connectivity index (χ2v) is 6.26. The summed E-state index contributed by atoms with van der Waals surface area (Å²) >= 11 is 4.96. The van der Waals surface area contributed by atoms with Crippen molar-refractivity contribution in [2.45, 2.75) is 10.1 Å². The number of rotatable bonds is 2. The first-order valence-electron chi connectivity index (χ1n) is 5.84. The number of thioether (sulfide) groups is 1. The van der Waals surface area contributed by atoms with Gasteiger partial charge in [0.05, 0.1) is 5.69 Å². The van der Waals surface area contributed by atoms with E-state index in [1.807, 2.05) is 48.5 Å². The van der Waals surface area contributed by atoms with Gasteiger partial charge in [-0.2, -0.15) is 0 Å². The summed E-state index contributed by atoms with van der Waals surface area (Å²) in [6.45, 7) is 0. The smallest absolute Gasteiger partial charge is 0.182 e. The highest BCUT2D eigenvalue weighted by Crippen LogP contribution is 2.36. The highest BCUT2D eigenvalue weighted by Gasteiger charge is 2.29. The standard InChI is InChI=1S/C15H10BrNOS/c16-10-4-3-5-11(8-10)17-9-14-15(18)12-6-1-2-7-13(12)19-14/h1-9,14H. The number of carbonyl (C=O) groups is 1. The van der Waals surface area contributed by atoms with E-state index in [-0.39, 0.29) is 11.0 Å². The summed E-state index contributed by atoms with van der Waals surface area (Å²) in [5.74, 6) is 0.138. The zero-order valence-electron chi connectivity index (χ0n) is 9.92. The molecule has 0 aliphatic carbocycles. The maximum Gasteiger partial charge on any atom is 0.182 e. The largest absolute Gasteiger partial charge is 0.292 e. The number of nitrogens with zero attached hydrogens (tertiary/aromatic N) is 1. The lowest BCUT2D eigenvalue weighted by Crippen LogP contribution is -2.12. The van der Waals surface area contributed by atoms with Gasteiger partial charge in [0.2, 0.25) is 0 Å². The van der Waals surface area contributed by atoms with Gasteiger partial charge in [-0.3, -0.25) is 9.79 Å². The van der Waals surface area contributed by atoms with Crippen LogP contribution in [-0.2, 0) is 0 Å². The van der Waals surface area contributed by atoms with Gasteiger partial charge in [0.1, 0.15) is 5.25 Å². The van der Waals surface area contributed by atoms with E-state index in [2.05, 4.69) is 20.9 Å². The van der Waals surface area contributed by atoms with Crippen LogP contribution >= 0.6 is 27.7 Å². The maximum absolute atomic E-state index is 12.2. The average Bonchev–Trinajstić information content (AvgIpc) is 2.74. The molecule has 0 radical (unpaired) electrons. The molecule has 0 bridgehead atoms. The Morgan fingerprint density at radius 2 is 2.00 bits per heavy atom. The number of aliphatic imine (C=N–C) groups is 1. The fraction of sp³-hybridized carbons (Fsp3) is 0.0667. The molecule has 0 spiro atoms. The van der Waals surface area contributed by atoms with Crippen LogP contribution in [0.1, 0.15) is 10.4 Å². The van der Waals surface area contributed by atoms with Gasteiger partial charge in [0.25, 0.3) is 0 Å². The Kier molecular flexibility index (Phi) is 3.53. The number of hydrogen-bond acceptors (Lipinski definition) is 3. The van der Waals surface area contributed by atoms with Crippen molar-refractivity contribution in [1.82, 2.24) is 0 Å². The van der Waals surface area contributed by atoms with Gasteiger partial charge in [-0.25, -0.2) is 0 Å². The normalized spacial score (nSPS) is 17.9. The Balaban J connectivity index is 1.81. The minimum Gasteiger partial charge on any atom is -0.292 e. The molecule has 0 fully saturated rings. The van der Waals surface area contributed by atoms with Crippen LogP contribution in [-0.4, -0.2) is 17.2 Å². The molecule has 94 valence electrons. The van der Waals surface area contributed by atoms with Crippen LogP contribution in [0.25, 0.3) is 0 Å². The molecule has 1 atom stereocenters. The van der Waals surface area contributed by atoms with Gasteiger partial charge in [0, 0.05) is 21.1 Å². The Hall–Kier alpha value is -1.39. The number of carbonyl (C=O) groups excluding carboxylic acids is 1. The molecule has 0 saturated heterocycles. The van der Waals surface area contributed by atoms with Crippen LogP contribution in [0.4, 0.5) is 5.69 Å². The van der Waals surface area contributed by atoms with Gasteiger partial charge >= 0.3 is 0 Å². The van der Waals surface area contributed by atoms with Crippen molar-refractivity contribution < 1.29 is 4.79 Å². The lowest BCUT2D eigenvalue weighted by molar-refractivity contribution is 0.101. The monoisotopic (exact) mass is 331 g/mol. The van der Waals surface area contributed by atoms with Gasteiger partial charge in [-0.15, -0.1) is 11.8 Å². The predicted octanol–water partition coefficient (Wildman–Crippen LogP) is 4.51. The highest BCUT2D eigenvalue weighted by molar-refractivity contribution is 9.10. The molecule has 1 heterocycles. The number of benzene rings is 2. The first-order valence-corrected chi connectivity index (χ1v) is 7.51. The van der Waals surface area contributed by atoms with E-state index in [1.165, 1.54) is 0 Å². The van der Waals surface area contributed by atoms with E-state index in [1.54, 1.807) is 18.0 Å². The van der Waals surface area contributed by atoms with Crippen LogP contribution in [0.2, 0.25) is 0 Å². The van der Waals surface area contributed by atoms with Gasteiger partial charge in [0.15, 0.2) is 5.78 Å². The molecule has 0 saturated carbocycles. The van der Waals surface area contributed by atoms with Crippen molar-refractivity contribution in [1.29, 1.82) is 0 Å². The van der Waals surface area contributed by atoms with Crippen LogP contribution in [0, 0.1) is 0 Å². The van der Waals surface area contributed by atoms with Crippen molar-refractivity contribution in [2.24, 2.45) is 4.99 Å². The fourth-order valence-electron chi connectivity index (χ4n) is 1.92. The molecule has 1 unspecified atom stereocenters. The summed E-state index contributed by atoms with van der Waals surface area (Å²) in [6, 6.07) is 15.4. The van der Waals surface area contributed by atoms with E-state index in [9.17, 15) is 4.79 Å². The Morgan fingerprint density at radius 1 is 1.16 bits per heavy atom. The minimum atomic E-state index is -0.212. The summed E-state index contributed by atoms with van der Waals surface area (Å²) < 4.78 is 0.982. The van der Waals surface area contributed by atoms with Crippen LogP contribution in [0.3, 0.4) is 0 Å². The lowest BCUT2D eigenvalue weighted by atomic mass is 10.1. The summed E-state index contributed by atoms with van der Waals surface area (Å²) in [6.07, 6.45) is 1.73. The van der Waals surface area contributed by atoms with Crippen LogP contribution < -0.4 is 0 Å². The molecule has 1 aliphatic rings. The van der Waals surface area contributed by atoms with Gasteiger partial charge in [-0.05, 0) is 24.3 Å². The lowest BCUT2D eigenvalue weighted by Gasteiger charge is -1.99. The molecule has 2 nitrogen and oxygen atoms in total. The molecule has 4 heteroatoms. The summed E-state index contributed by atoms with van der Waals surface area (Å²) in [7, 11) is 0. The number of Topliss-reactive ketones (excluding diaryl/α,β-unsaturated/α-hetero) is 1. The second kappa shape index (κ2) is 5.31. The number of fused-ring (bicyclic) bond motifs is 1. The molecular weight excluding hydrogens is 322 g/mol. The van der Waals surface area contributed by atoms with Crippen molar-refractivity contribution in [2.75, 3.05) is 0 Å². The Labute approximate surface area is 124 Å². The molecule has 0 aromatic heterocycles. The quantitative estimate of drug-likeness (QED) is 0.758. The second-order valence-electron chi connectivity index (χ2n) is 4.16. The minimum absolute atomic E-state index is 0.138. The predicted molar refractivity (Wildman–Crippen MR) is 82.7 cm³/mol. The van der Waals surface area contributed by atoms with Crippen molar-refractivity contribution >= 4 is 45.4 Å².